The van der Waals surface area contributed by atoms with E-state index in [-0.39, 0.29) is 15.5 Å². The molecule has 0 amide bonds. The van der Waals surface area contributed by atoms with Crippen molar-refractivity contribution in [2.24, 2.45) is 0 Å². The van der Waals surface area contributed by atoms with Gasteiger partial charge in [0.25, 0.3) is 0 Å². The van der Waals surface area contributed by atoms with E-state index < -0.39 is 15.6 Å². The standard InChI is InChI=1S/C14H10Cl2O3S/c15-10-5-7-11(8-6-10)20(18,19)9-14(17)12-3-1-2-4-13(12)16/h1-9,17H/p-1/b14-9-. The first-order chi connectivity index (χ1) is 9.40. The van der Waals surface area contributed by atoms with E-state index in [0.717, 1.165) is 0 Å². The molecular weight excluding hydrogens is 319 g/mol. The van der Waals surface area contributed by atoms with Crippen LogP contribution in [0.1, 0.15) is 5.56 Å². The van der Waals surface area contributed by atoms with Crippen molar-refractivity contribution in [2.45, 2.75) is 4.90 Å². The van der Waals surface area contributed by atoms with Crippen molar-refractivity contribution in [1.29, 1.82) is 0 Å². The summed E-state index contributed by atoms with van der Waals surface area (Å²) in [5.74, 6) is -0.662. The fraction of sp³-hybridized carbons (Fsp3) is 0. The van der Waals surface area contributed by atoms with E-state index in [4.69, 9.17) is 23.2 Å². The van der Waals surface area contributed by atoms with E-state index in [1.165, 1.54) is 36.4 Å². The zero-order chi connectivity index (χ0) is 14.8. The monoisotopic (exact) mass is 327 g/mol. The molecule has 6 heteroatoms. The van der Waals surface area contributed by atoms with Gasteiger partial charge >= 0.3 is 0 Å². The van der Waals surface area contributed by atoms with Crippen LogP contribution in [-0.2, 0) is 9.84 Å². The van der Waals surface area contributed by atoms with Gasteiger partial charge < -0.3 is 5.11 Å². The number of hydrogen-bond acceptors (Lipinski definition) is 3. The summed E-state index contributed by atoms with van der Waals surface area (Å²) >= 11 is 11.6. The third kappa shape index (κ3) is 3.33. The van der Waals surface area contributed by atoms with Crippen molar-refractivity contribution in [3.63, 3.8) is 0 Å². The van der Waals surface area contributed by atoms with Crippen molar-refractivity contribution >= 4 is 38.8 Å². The number of halogens is 2. The fourth-order valence-electron chi connectivity index (χ4n) is 1.56. The van der Waals surface area contributed by atoms with E-state index in [1.807, 2.05) is 0 Å². The Hall–Kier alpha value is -1.49. The van der Waals surface area contributed by atoms with Gasteiger partial charge in [-0.05, 0) is 35.9 Å². The van der Waals surface area contributed by atoms with Crippen LogP contribution >= 0.6 is 23.2 Å². The van der Waals surface area contributed by atoms with Gasteiger partial charge in [-0.3, -0.25) is 0 Å². The van der Waals surface area contributed by atoms with Crippen LogP contribution in [0.5, 0.6) is 0 Å². The highest BCUT2D eigenvalue weighted by atomic mass is 35.5. The minimum atomic E-state index is -3.83. The quantitative estimate of drug-likeness (QED) is 0.814. The van der Waals surface area contributed by atoms with E-state index in [9.17, 15) is 13.5 Å². The van der Waals surface area contributed by atoms with Gasteiger partial charge in [0.15, 0.2) is 9.84 Å². The molecule has 0 saturated carbocycles. The van der Waals surface area contributed by atoms with Crippen LogP contribution in [0.2, 0.25) is 10.0 Å². The van der Waals surface area contributed by atoms with Gasteiger partial charge in [-0.25, -0.2) is 8.42 Å². The number of sulfone groups is 1. The lowest BCUT2D eigenvalue weighted by molar-refractivity contribution is -0.243. The molecule has 0 radical (unpaired) electrons. The summed E-state index contributed by atoms with van der Waals surface area (Å²) in [7, 11) is -3.83. The molecule has 2 aromatic rings. The van der Waals surface area contributed by atoms with Crippen molar-refractivity contribution in [1.82, 2.24) is 0 Å². The third-order valence-electron chi connectivity index (χ3n) is 2.54. The molecule has 0 N–H and O–H groups in total. The Morgan fingerprint density at radius 1 is 1.00 bits per heavy atom. The smallest absolute Gasteiger partial charge is 0.199 e. The highest BCUT2D eigenvalue weighted by Gasteiger charge is 2.11. The zero-order valence-corrected chi connectivity index (χ0v) is 12.4. The average Bonchev–Trinajstić information content (AvgIpc) is 2.39. The van der Waals surface area contributed by atoms with Gasteiger partial charge in [-0.2, -0.15) is 0 Å². The van der Waals surface area contributed by atoms with Crippen LogP contribution < -0.4 is 5.11 Å². The zero-order valence-electron chi connectivity index (χ0n) is 10.1. The SMILES string of the molecule is O=S(=O)(/C=C(\[O-])c1ccccc1Cl)c1ccc(Cl)cc1. The summed E-state index contributed by atoms with van der Waals surface area (Å²) < 4.78 is 24.2. The third-order valence-corrected chi connectivity index (χ3v) is 4.58. The highest BCUT2D eigenvalue weighted by molar-refractivity contribution is 7.94. The number of benzene rings is 2. The second-order valence-corrected chi connectivity index (χ2v) is 6.60. The molecule has 0 spiro atoms. The molecule has 0 aromatic heterocycles. The fourth-order valence-corrected chi connectivity index (χ4v) is 2.97. The molecule has 20 heavy (non-hydrogen) atoms. The first-order valence-electron chi connectivity index (χ1n) is 5.54. The minimum Gasteiger partial charge on any atom is -0.872 e. The summed E-state index contributed by atoms with van der Waals surface area (Å²) in [6.45, 7) is 0. The molecule has 0 aliphatic rings. The van der Waals surface area contributed by atoms with Crippen molar-refractivity contribution in [3.8, 4) is 0 Å². The molecule has 2 rings (SSSR count). The second kappa shape index (κ2) is 5.87. The normalized spacial score (nSPS) is 12.4. The Morgan fingerprint density at radius 2 is 1.60 bits per heavy atom. The Morgan fingerprint density at radius 3 is 2.20 bits per heavy atom. The lowest BCUT2D eigenvalue weighted by Gasteiger charge is -2.13. The maximum Gasteiger partial charge on any atom is 0.199 e. The van der Waals surface area contributed by atoms with Crippen LogP contribution in [0, 0.1) is 0 Å². The first-order valence-corrected chi connectivity index (χ1v) is 7.84. The summed E-state index contributed by atoms with van der Waals surface area (Å²) in [5.41, 5.74) is 0.145. The van der Waals surface area contributed by atoms with Crippen LogP contribution in [0.15, 0.2) is 58.8 Å². The van der Waals surface area contributed by atoms with Gasteiger partial charge in [-0.1, -0.05) is 47.2 Å². The van der Waals surface area contributed by atoms with E-state index >= 15 is 0 Å². The first kappa shape index (κ1) is 14.9. The predicted molar refractivity (Wildman–Crippen MR) is 78.1 cm³/mol. The lowest BCUT2D eigenvalue weighted by atomic mass is 10.2. The van der Waals surface area contributed by atoms with E-state index in [1.54, 1.807) is 12.1 Å². The van der Waals surface area contributed by atoms with Crippen LogP contribution in [0.3, 0.4) is 0 Å². The van der Waals surface area contributed by atoms with Crippen LogP contribution in [-0.4, -0.2) is 8.42 Å². The summed E-state index contributed by atoms with van der Waals surface area (Å²) in [5, 5.41) is 13.3. The second-order valence-electron chi connectivity index (χ2n) is 3.96. The summed E-state index contributed by atoms with van der Waals surface area (Å²) in [6.07, 6.45) is 0. The van der Waals surface area contributed by atoms with Crippen LogP contribution in [0.4, 0.5) is 0 Å². The molecule has 0 saturated heterocycles. The minimum absolute atomic E-state index is 0.00213. The molecule has 104 valence electrons. The molecule has 0 heterocycles. The van der Waals surface area contributed by atoms with Gasteiger partial charge in [0, 0.05) is 15.5 Å². The Kier molecular flexibility index (Phi) is 4.38. The van der Waals surface area contributed by atoms with Gasteiger partial charge in [0.05, 0.1) is 4.90 Å². The molecule has 0 fully saturated rings. The lowest BCUT2D eigenvalue weighted by Crippen LogP contribution is -2.07. The molecule has 0 bridgehead atoms. The molecular formula is C14H9Cl2O3S-. The van der Waals surface area contributed by atoms with Crippen molar-refractivity contribution in [2.75, 3.05) is 0 Å². The number of hydrogen-bond donors (Lipinski definition) is 0. The molecule has 0 aliphatic carbocycles. The molecule has 0 unspecified atom stereocenters. The topological polar surface area (TPSA) is 57.2 Å². The largest absolute Gasteiger partial charge is 0.872 e. The van der Waals surface area contributed by atoms with Gasteiger partial charge in [-0.15, -0.1) is 0 Å². The van der Waals surface area contributed by atoms with Gasteiger partial charge in [0.1, 0.15) is 0 Å². The number of rotatable bonds is 3. The summed E-state index contributed by atoms with van der Waals surface area (Å²) in [4.78, 5) is 0.00213. The summed E-state index contributed by atoms with van der Waals surface area (Å²) in [6, 6.07) is 11.8. The van der Waals surface area contributed by atoms with E-state index in [0.29, 0.717) is 10.4 Å². The predicted octanol–water partition coefficient (Wildman–Crippen LogP) is 3.13. The molecule has 3 nitrogen and oxygen atoms in total. The van der Waals surface area contributed by atoms with Crippen LogP contribution in [0.25, 0.3) is 5.76 Å². The van der Waals surface area contributed by atoms with E-state index in [2.05, 4.69) is 0 Å². The Balaban J connectivity index is 2.43. The molecule has 0 atom stereocenters. The average molecular weight is 328 g/mol. The highest BCUT2D eigenvalue weighted by Crippen LogP contribution is 2.23. The molecule has 0 aliphatic heterocycles. The Bertz CT molecular complexity index is 750. The van der Waals surface area contributed by atoms with Crippen molar-refractivity contribution in [3.05, 3.63) is 69.5 Å². The van der Waals surface area contributed by atoms with Gasteiger partial charge in [0.2, 0.25) is 0 Å². The molecule has 2 aromatic carbocycles. The Labute approximate surface area is 127 Å². The van der Waals surface area contributed by atoms with Crippen molar-refractivity contribution < 1.29 is 13.5 Å². The maximum absolute atomic E-state index is 12.1. The maximum atomic E-state index is 12.1.